The highest BCUT2D eigenvalue weighted by Crippen LogP contribution is 2.24. The van der Waals surface area contributed by atoms with E-state index in [1.807, 2.05) is 72.8 Å². The van der Waals surface area contributed by atoms with Crippen LogP contribution >= 0.6 is 0 Å². The van der Waals surface area contributed by atoms with Gasteiger partial charge in [0.05, 0.1) is 19.3 Å². The standard InChI is InChI=1S/C25H27NO2/c1-3-25(23-14-8-5-9-15-23)28-19-22-13-10-16-24(17-22)26(20(2)27)18-21-11-6-4-7-12-21/h4-17,25H,3,18-19H2,1-2H3. The molecule has 0 fully saturated rings. The lowest BCUT2D eigenvalue weighted by atomic mass is 10.1. The topological polar surface area (TPSA) is 29.5 Å². The van der Waals surface area contributed by atoms with E-state index >= 15 is 0 Å². The van der Waals surface area contributed by atoms with Gasteiger partial charge in [0.15, 0.2) is 0 Å². The molecule has 1 atom stereocenters. The fraction of sp³-hybridized carbons (Fsp3) is 0.240. The molecule has 3 aromatic rings. The van der Waals surface area contributed by atoms with Crippen LogP contribution in [0.25, 0.3) is 0 Å². The molecule has 0 spiro atoms. The Balaban J connectivity index is 1.72. The maximum atomic E-state index is 12.3. The van der Waals surface area contributed by atoms with Crippen molar-refractivity contribution in [3.05, 3.63) is 102 Å². The van der Waals surface area contributed by atoms with E-state index in [0.29, 0.717) is 13.2 Å². The van der Waals surface area contributed by atoms with E-state index in [4.69, 9.17) is 4.74 Å². The highest BCUT2D eigenvalue weighted by molar-refractivity contribution is 5.91. The third-order valence-electron chi connectivity index (χ3n) is 4.78. The summed E-state index contributed by atoms with van der Waals surface area (Å²) < 4.78 is 6.17. The fourth-order valence-corrected chi connectivity index (χ4v) is 3.28. The zero-order chi connectivity index (χ0) is 19.8. The summed E-state index contributed by atoms with van der Waals surface area (Å²) in [6.07, 6.45) is 0.982. The molecule has 144 valence electrons. The zero-order valence-corrected chi connectivity index (χ0v) is 16.5. The van der Waals surface area contributed by atoms with Crippen LogP contribution in [0.5, 0.6) is 0 Å². The normalized spacial score (nSPS) is 11.8. The van der Waals surface area contributed by atoms with Crippen molar-refractivity contribution in [1.29, 1.82) is 0 Å². The Kier molecular flexibility index (Phi) is 6.99. The molecular formula is C25H27NO2. The second kappa shape index (κ2) is 9.86. The number of carbonyl (C=O) groups excluding carboxylic acids is 1. The largest absolute Gasteiger partial charge is 0.369 e. The number of benzene rings is 3. The van der Waals surface area contributed by atoms with Crippen molar-refractivity contribution in [3.8, 4) is 0 Å². The van der Waals surface area contributed by atoms with E-state index in [-0.39, 0.29) is 12.0 Å². The van der Waals surface area contributed by atoms with Crippen LogP contribution in [0.3, 0.4) is 0 Å². The number of hydrogen-bond acceptors (Lipinski definition) is 2. The van der Waals surface area contributed by atoms with Gasteiger partial charge in [-0.25, -0.2) is 0 Å². The van der Waals surface area contributed by atoms with Crippen LogP contribution in [-0.2, 0) is 22.7 Å². The smallest absolute Gasteiger partial charge is 0.224 e. The van der Waals surface area contributed by atoms with Crippen LogP contribution < -0.4 is 4.90 Å². The second-order valence-electron chi connectivity index (χ2n) is 6.88. The monoisotopic (exact) mass is 373 g/mol. The predicted molar refractivity (Wildman–Crippen MR) is 114 cm³/mol. The highest BCUT2D eigenvalue weighted by Gasteiger charge is 2.14. The molecule has 0 radical (unpaired) electrons. The van der Waals surface area contributed by atoms with Gasteiger partial charge in [-0.05, 0) is 35.2 Å². The summed E-state index contributed by atoms with van der Waals surface area (Å²) >= 11 is 0. The Labute approximate surface area is 167 Å². The average Bonchev–Trinajstić information content (AvgIpc) is 2.74. The number of nitrogens with zero attached hydrogens (tertiary/aromatic N) is 1. The molecule has 0 aliphatic carbocycles. The first kappa shape index (κ1) is 19.8. The van der Waals surface area contributed by atoms with Crippen molar-refractivity contribution in [3.63, 3.8) is 0 Å². The maximum Gasteiger partial charge on any atom is 0.224 e. The lowest BCUT2D eigenvalue weighted by Crippen LogP contribution is -2.27. The van der Waals surface area contributed by atoms with Crippen LogP contribution in [0.4, 0.5) is 5.69 Å². The lowest BCUT2D eigenvalue weighted by molar-refractivity contribution is -0.116. The molecule has 1 unspecified atom stereocenters. The number of carbonyl (C=O) groups is 1. The quantitative estimate of drug-likeness (QED) is 0.491. The molecule has 0 heterocycles. The van der Waals surface area contributed by atoms with Crippen LogP contribution in [0.2, 0.25) is 0 Å². The summed E-state index contributed by atoms with van der Waals surface area (Å²) in [6, 6.07) is 28.4. The Morgan fingerprint density at radius 2 is 1.54 bits per heavy atom. The first-order valence-corrected chi connectivity index (χ1v) is 9.75. The van der Waals surface area contributed by atoms with E-state index in [2.05, 4.69) is 19.1 Å². The second-order valence-corrected chi connectivity index (χ2v) is 6.88. The van der Waals surface area contributed by atoms with Gasteiger partial charge in [0.1, 0.15) is 0 Å². The number of amides is 1. The van der Waals surface area contributed by atoms with Crippen molar-refractivity contribution in [2.75, 3.05) is 4.90 Å². The van der Waals surface area contributed by atoms with E-state index < -0.39 is 0 Å². The predicted octanol–water partition coefficient (Wildman–Crippen LogP) is 5.91. The van der Waals surface area contributed by atoms with Gasteiger partial charge in [0, 0.05) is 12.6 Å². The summed E-state index contributed by atoms with van der Waals surface area (Å²) in [5, 5.41) is 0. The van der Waals surface area contributed by atoms with Crippen molar-refractivity contribution in [2.45, 2.75) is 39.5 Å². The summed E-state index contributed by atoms with van der Waals surface area (Å²) in [6.45, 7) is 4.81. The number of ether oxygens (including phenoxy) is 1. The maximum absolute atomic E-state index is 12.3. The van der Waals surface area contributed by atoms with Crippen molar-refractivity contribution < 1.29 is 9.53 Å². The number of anilines is 1. The van der Waals surface area contributed by atoms with Gasteiger partial charge in [-0.2, -0.15) is 0 Å². The minimum absolute atomic E-state index is 0.0256. The van der Waals surface area contributed by atoms with E-state index in [9.17, 15) is 4.79 Å². The molecule has 3 nitrogen and oxygen atoms in total. The molecule has 0 saturated heterocycles. The van der Waals surface area contributed by atoms with Crippen LogP contribution in [0.15, 0.2) is 84.9 Å². The van der Waals surface area contributed by atoms with Gasteiger partial charge in [0.25, 0.3) is 0 Å². The van der Waals surface area contributed by atoms with Crippen molar-refractivity contribution in [2.24, 2.45) is 0 Å². The number of rotatable bonds is 8. The fourth-order valence-electron chi connectivity index (χ4n) is 3.28. The Morgan fingerprint density at radius 1 is 0.893 bits per heavy atom. The molecule has 3 rings (SSSR count). The summed E-state index contributed by atoms with van der Waals surface area (Å²) in [5.74, 6) is 0.0256. The molecule has 1 amide bonds. The highest BCUT2D eigenvalue weighted by atomic mass is 16.5. The summed E-state index contributed by atoms with van der Waals surface area (Å²) in [4.78, 5) is 14.1. The Morgan fingerprint density at radius 3 is 2.18 bits per heavy atom. The van der Waals surface area contributed by atoms with E-state index in [0.717, 1.165) is 23.2 Å². The van der Waals surface area contributed by atoms with Crippen molar-refractivity contribution in [1.82, 2.24) is 0 Å². The van der Waals surface area contributed by atoms with Crippen LogP contribution in [0.1, 0.15) is 43.1 Å². The van der Waals surface area contributed by atoms with E-state index in [1.165, 1.54) is 5.56 Å². The SMILES string of the molecule is CCC(OCc1cccc(N(Cc2ccccc2)C(C)=O)c1)c1ccccc1. The van der Waals surface area contributed by atoms with Crippen LogP contribution in [-0.4, -0.2) is 5.91 Å². The number of hydrogen-bond donors (Lipinski definition) is 0. The van der Waals surface area contributed by atoms with Gasteiger partial charge in [0.2, 0.25) is 5.91 Å². The Bertz CT molecular complexity index is 877. The van der Waals surface area contributed by atoms with Gasteiger partial charge in [-0.3, -0.25) is 4.79 Å². The van der Waals surface area contributed by atoms with Crippen LogP contribution in [0, 0.1) is 0 Å². The minimum atomic E-state index is 0.0256. The molecule has 0 saturated carbocycles. The zero-order valence-electron chi connectivity index (χ0n) is 16.5. The third-order valence-corrected chi connectivity index (χ3v) is 4.78. The third kappa shape index (κ3) is 5.30. The first-order valence-electron chi connectivity index (χ1n) is 9.75. The lowest BCUT2D eigenvalue weighted by Gasteiger charge is -2.22. The molecule has 0 bridgehead atoms. The summed E-state index contributed by atoms with van der Waals surface area (Å²) in [5.41, 5.74) is 4.25. The molecule has 0 aromatic heterocycles. The van der Waals surface area contributed by atoms with Gasteiger partial charge < -0.3 is 9.64 Å². The Hall–Kier alpha value is -2.91. The molecule has 3 heteroatoms. The average molecular weight is 373 g/mol. The van der Waals surface area contributed by atoms with Crippen molar-refractivity contribution >= 4 is 11.6 Å². The first-order chi connectivity index (χ1) is 13.7. The molecule has 0 aliphatic rings. The van der Waals surface area contributed by atoms with Gasteiger partial charge in [-0.15, -0.1) is 0 Å². The molecule has 3 aromatic carbocycles. The molecule has 28 heavy (non-hydrogen) atoms. The molecule has 0 aliphatic heterocycles. The molecule has 0 N–H and O–H groups in total. The summed E-state index contributed by atoms with van der Waals surface area (Å²) in [7, 11) is 0. The van der Waals surface area contributed by atoms with Gasteiger partial charge >= 0.3 is 0 Å². The van der Waals surface area contributed by atoms with Gasteiger partial charge in [-0.1, -0.05) is 79.7 Å². The molecular weight excluding hydrogens is 346 g/mol. The van der Waals surface area contributed by atoms with E-state index in [1.54, 1.807) is 11.8 Å². The minimum Gasteiger partial charge on any atom is -0.369 e.